The number of anilines is 1. The Morgan fingerprint density at radius 1 is 1.06 bits per heavy atom. The topological polar surface area (TPSA) is 70.8 Å². The first-order valence-electron chi connectivity index (χ1n) is 9.38. The summed E-state index contributed by atoms with van der Waals surface area (Å²) in [4.78, 5) is 26.6. The number of nitrogens with zero attached hydrogens (tertiary/aromatic N) is 1. The minimum absolute atomic E-state index is 0.0574. The molecule has 4 rings (SSSR count). The van der Waals surface area contributed by atoms with Gasteiger partial charge in [-0.3, -0.25) is 14.5 Å². The van der Waals surface area contributed by atoms with E-state index in [0.717, 1.165) is 29.2 Å². The van der Waals surface area contributed by atoms with Crippen LogP contribution in [0, 0.1) is 12.7 Å². The molecule has 5 nitrogen and oxygen atoms in total. The summed E-state index contributed by atoms with van der Waals surface area (Å²) in [6.07, 6.45) is -3.40. The highest BCUT2D eigenvalue weighted by molar-refractivity contribution is 6.51. The number of carbonyl (C=O) groups is 2. The lowest BCUT2D eigenvalue weighted by Gasteiger charge is -2.24. The van der Waals surface area contributed by atoms with E-state index in [0.29, 0.717) is 0 Å². The summed E-state index contributed by atoms with van der Waals surface area (Å²) in [6.45, 7) is 1.46. The summed E-state index contributed by atoms with van der Waals surface area (Å²) >= 11 is 0. The largest absolute Gasteiger partial charge is 0.507 e. The molecular formula is C23H15F4NO4. The molecule has 0 bridgehead atoms. The maximum atomic E-state index is 13.7. The Morgan fingerprint density at radius 3 is 2.44 bits per heavy atom. The van der Waals surface area contributed by atoms with E-state index >= 15 is 0 Å². The number of furan rings is 1. The standard InChI is InChI=1S/C23H15F4NO4/c1-12-10-13(7-8-16(12)24)20(29)18-19(17-6-3-9-32-17)28(22(31)21(18)30)15-5-2-4-14(11-15)23(25,26)27/h2-11,19,29H,1H3/b20-18-. The fraction of sp³-hybridized carbons (Fsp3) is 0.130. The van der Waals surface area contributed by atoms with E-state index < -0.39 is 41.0 Å². The molecule has 0 saturated carbocycles. The van der Waals surface area contributed by atoms with Crippen molar-refractivity contribution in [2.24, 2.45) is 0 Å². The van der Waals surface area contributed by atoms with Crippen LogP contribution in [0.2, 0.25) is 0 Å². The van der Waals surface area contributed by atoms with Crippen molar-refractivity contribution in [2.45, 2.75) is 19.1 Å². The molecule has 1 aromatic heterocycles. The predicted octanol–water partition coefficient (Wildman–Crippen LogP) is 5.37. The lowest BCUT2D eigenvalue weighted by atomic mass is 9.98. The van der Waals surface area contributed by atoms with Gasteiger partial charge in [0.1, 0.15) is 23.4 Å². The first-order chi connectivity index (χ1) is 15.1. The Bertz CT molecular complexity index is 1250. The number of aryl methyl sites for hydroxylation is 1. The van der Waals surface area contributed by atoms with Crippen molar-refractivity contribution in [3.63, 3.8) is 0 Å². The van der Waals surface area contributed by atoms with Gasteiger partial charge in [-0.25, -0.2) is 4.39 Å². The Labute approximate surface area is 179 Å². The van der Waals surface area contributed by atoms with Crippen molar-refractivity contribution in [1.29, 1.82) is 0 Å². The highest BCUT2D eigenvalue weighted by atomic mass is 19.4. The molecule has 1 N–H and O–H groups in total. The Kier molecular flexibility index (Phi) is 5.12. The van der Waals surface area contributed by atoms with Gasteiger partial charge >= 0.3 is 6.18 Å². The molecule has 32 heavy (non-hydrogen) atoms. The third-order valence-corrected chi connectivity index (χ3v) is 5.14. The van der Waals surface area contributed by atoms with Gasteiger partial charge in [-0.05, 0) is 61.0 Å². The van der Waals surface area contributed by atoms with E-state index in [1.807, 2.05) is 0 Å². The smallest absolute Gasteiger partial charge is 0.416 e. The summed E-state index contributed by atoms with van der Waals surface area (Å²) < 4.78 is 58.7. The monoisotopic (exact) mass is 445 g/mol. The fourth-order valence-electron chi connectivity index (χ4n) is 3.59. The van der Waals surface area contributed by atoms with Crippen LogP contribution < -0.4 is 4.90 Å². The summed E-state index contributed by atoms with van der Waals surface area (Å²) in [5.41, 5.74) is -1.33. The van der Waals surface area contributed by atoms with Crippen LogP contribution in [0.5, 0.6) is 0 Å². The van der Waals surface area contributed by atoms with Crippen LogP contribution >= 0.6 is 0 Å². The van der Waals surface area contributed by atoms with Gasteiger partial charge < -0.3 is 9.52 Å². The molecule has 2 heterocycles. The Balaban J connectivity index is 1.92. The van der Waals surface area contributed by atoms with Crippen molar-refractivity contribution in [2.75, 3.05) is 4.90 Å². The van der Waals surface area contributed by atoms with Crippen molar-refractivity contribution in [3.05, 3.63) is 94.7 Å². The maximum Gasteiger partial charge on any atom is 0.416 e. The van der Waals surface area contributed by atoms with E-state index in [4.69, 9.17) is 4.42 Å². The zero-order chi connectivity index (χ0) is 23.2. The molecule has 0 spiro atoms. The van der Waals surface area contributed by atoms with Gasteiger partial charge in [0.25, 0.3) is 11.7 Å². The maximum absolute atomic E-state index is 13.7. The number of aliphatic hydroxyl groups excluding tert-OH is 1. The van der Waals surface area contributed by atoms with Crippen LogP contribution in [0.15, 0.2) is 70.9 Å². The van der Waals surface area contributed by atoms with Crippen molar-refractivity contribution in [3.8, 4) is 0 Å². The lowest BCUT2D eigenvalue weighted by molar-refractivity contribution is -0.137. The zero-order valence-corrected chi connectivity index (χ0v) is 16.5. The summed E-state index contributed by atoms with van der Waals surface area (Å²) in [7, 11) is 0. The molecule has 0 aliphatic carbocycles. The summed E-state index contributed by atoms with van der Waals surface area (Å²) in [5.74, 6) is -3.31. The van der Waals surface area contributed by atoms with E-state index in [2.05, 4.69) is 0 Å². The van der Waals surface area contributed by atoms with Crippen LogP contribution in [-0.4, -0.2) is 16.8 Å². The third-order valence-electron chi connectivity index (χ3n) is 5.14. The van der Waals surface area contributed by atoms with Crippen molar-refractivity contribution in [1.82, 2.24) is 0 Å². The predicted molar refractivity (Wildman–Crippen MR) is 106 cm³/mol. The number of amides is 1. The molecule has 1 amide bonds. The van der Waals surface area contributed by atoms with Crippen LogP contribution in [0.1, 0.15) is 28.5 Å². The quantitative estimate of drug-likeness (QED) is 0.255. The number of halogens is 4. The second-order valence-corrected chi connectivity index (χ2v) is 7.20. The number of Topliss-reactive ketones (excluding diaryl/α,β-unsaturated/α-hetero) is 1. The normalized spacial score (nSPS) is 18.4. The molecule has 1 aliphatic rings. The van der Waals surface area contributed by atoms with Crippen LogP contribution in [-0.2, 0) is 15.8 Å². The van der Waals surface area contributed by atoms with Gasteiger partial charge in [-0.1, -0.05) is 6.07 Å². The molecule has 1 fully saturated rings. The second-order valence-electron chi connectivity index (χ2n) is 7.20. The Morgan fingerprint density at radius 2 is 1.81 bits per heavy atom. The first-order valence-corrected chi connectivity index (χ1v) is 9.38. The number of aliphatic hydroxyl groups is 1. The molecular weight excluding hydrogens is 430 g/mol. The van der Waals surface area contributed by atoms with Crippen molar-refractivity contribution >= 4 is 23.1 Å². The minimum Gasteiger partial charge on any atom is -0.507 e. The average Bonchev–Trinajstić information content (AvgIpc) is 3.36. The minimum atomic E-state index is -4.67. The molecule has 0 radical (unpaired) electrons. The number of ketones is 1. The van der Waals surface area contributed by atoms with Crippen LogP contribution in [0.4, 0.5) is 23.2 Å². The Hall–Kier alpha value is -3.88. The van der Waals surface area contributed by atoms with Crippen LogP contribution in [0.25, 0.3) is 5.76 Å². The fourth-order valence-corrected chi connectivity index (χ4v) is 3.59. The summed E-state index contributed by atoms with van der Waals surface area (Å²) in [6, 6.07) is 9.14. The molecule has 1 unspecified atom stereocenters. The van der Waals surface area contributed by atoms with Gasteiger partial charge in [0.2, 0.25) is 0 Å². The third kappa shape index (κ3) is 3.55. The van der Waals surface area contributed by atoms with Gasteiger partial charge in [0.15, 0.2) is 0 Å². The molecule has 1 saturated heterocycles. The number of hydrogen-bond acceptors (Lipinski definition) is 4. The molecule has 9 heteroatoms. The number of benzene rings is 2. The molecule has 1 atom stereocenters. The van der Waals surface area contributed by atoms with Crippen molar-refractivity contribution < 1.29 is 36.7 Å². The number of hydrogen-bond donors (Lipinski definition) is 1. The molecule has 2 aromatic carbocycles. The highest BCUT2D eigenvalue weighted by Gasteiger charge is 2.48. The van der Waals surface area contributed by atoms with E-state index in [-0.39, 0.29) is 28.1 Å². The molecule has 1 aliphatic heterocycles. The average molecular weight is 445 g/mol. The van der Waals surface area contributed by atoms with E-state index in [9.17, 15) is 32.3 Å². The zero-order valence-electron chi connectivity index (χ0n) is 16.5. The SMILES string of the molecule is Cc1cc(/C(O)=C2/C(=O)C(=O)N(c3cccc(C(F)(F)F)c3)C2c2ccco2)ccc1F. The van der Waals surface area contributed by atoms with Gasteiger partial charge in [-0.15, -0.1) is 0 Å². The van der Waals surface area contributed by atoms with E-state index in [1.165, 1.54) is 43.5 Å². The van der Waals surface area contributed by atoms with E-state index in [1.54, 1.807) is 0 Å². The summed E-state index contributed by atoms with van der Waals surface area (Å²) in [5, 5.41) is 10.9. The van der Waals surface area contributed by atoms with Gasteiger partial charge in [0.05, 0.1) is 17.4 Å². The molecule has 164 valence electrons. The molecule has 3 aromatic rings. The number of alkyl halides is 3. The number of carbonyl (C=O) groups excluding carboxylic acids is 2. The first kappa shape index (κ1) is 21.4. The second kappa shape index (κ2) is 7.67. The number of rotatable bonds is 3. The highest BCUT2D eigenvalue weighted by Crippen LogP contribution is 2.43. The van der Waals surface area contributed by atoms with Gasteiger partial charge in [-0.2, -0.15) is 13.2 Å². The lowest BCUT2D eigenvalue weighted by Crippen LogP contribution is -2.29. The van der Waals surface area contributed by atoms with Crippen LogP contribution in [0.3, 0.4) is 0 Å². The van der Waals surface area contributed by atoms with Gasteiger partial charge in [0, 0.05) is 11.3 Å².